The molecule has 2 aromatic heterocycles. The van der Waals surface area contributed by atoms with Gasteiger partial charge in [-0.25, -0.2) is 4.39 Å². The summed E-state index contributed by atoms with van der Waals surface area (Å²) in [7, 11) is 0. The van der Waals surface area contributed by atoms with Gasteiger partial charge in [-0.1, -0.05) is 24.3 Å². The number of pyridine rings is 2. The first-order valence-corrected chi connectivity index (χ1v) is 8.29. The number of hydrogen-bond acceptors (Lipinski definition) is 4. The quantitative estimate of drug-likeness (QED) is 0.704. The Bertz CT molecular complexity index is 947. The third kappa shape index (κ3) is 4.94. The van der Waals surface area contributed by atoms with Gasteiger partial charge in [0.25, 0.3) is 11.8 Å². The van der Waals surface area contributed by atoms with E-state index < -0.39 is 11.7 Å². The molecule has 0 saturated heterocycles. The van der Waals surface area contributed by atoms with Gasteiger partial charge in [-0.3, -0.25) is 19.6 Å². The van der Waals surface area contributed by atoms with E-state index in [0.29, 0.717) is 11.1 Å². The van der Waals surface area contributed by atoms with Gasteiger partial charge < -0.3 is 10.6 Å². The molecule has 0 atom stereocenters. The van der Waals surface area contributed by atoms with Gasteiger partial charge in [-0.05, 0) is 30.3 Å². The smallest absolute Gasteiger partial charge is 0.270 e. The van der Waals surface area contributed by atoms with E-state index in [1.165, 1.54) is 24.4 Å². The first-order valence-electron chi connectivity index (χ1n) is 8.29. The van der Waals surface area contributed by atoms with Crippen molar-refractivity contribution in [3.8, 4) is 0 Å². The van der Waals surface area contributed by atoms with Crippen LogP contribution < -0.4 is 10.6 Å². The fourth-order valence-corrected chi connectivity index (χ4v) is 2.38. The van der Waals surface area contributed by atoms with Gasteiger partial charge in [0.2, 0.25) is 0 Å². The van der Waals surface area contributed by atoms with Crippen molar-refractivity contribution in [2.75, 3.05) is 0 Å². The highest BCUT2D eigenvalue weighted by molar-refractivity contribution is 5.98. The maximum atomic E-state index is 13.6. The van der Waals surface area contributed by atoms with Crippen molar-refractivity contribution in [1.29, 1.82) is 0 Å². The maximum absolute atomic E-state index is 13.6. The van der Waals surface area contributed by atoms with Crippen molar-refractivity contribution < 1.29 is 14.0 Å². The Morgan fingerprint density at radius 1 is 0.852 bits per heavy atom. The summed E-state index contributed by atoms with van der Waals surface area (Å²) in [6, 6.07) is 14.5. The highest BCUT2D eigenvalue weighted by Gasteiger charge is 2.12. The van der Waals surface area contributed by atoms with Crippen molar-refractivity contribution in [2.24, 2.45) is 0 Å². The van der Waals surface area contributed by atoms with Gasteiger partial charge in [-0.15, -0.1) is 0 Å². The van der Waals surface area contributed by atoms with Crippen LogP contribution in [0, 0.1) is 5.82 Å². The lowest BCUT2D eigenvalue weighted by Gasteiger charge is -2.08. The molecule has 0 aliphatic rings. The molecule has 0 unspecified atom stereocenters. The average molecular weight is 364 g/mol. The van der Waals surface area contributed by atoms with E-state index in [1.807, 2.05) is 6.07 Å². The molecule has 3 rings (SSSR count). The summed E-state index contributed by atoms with van der Waals surface area (Å²) < 4.78 is 13.6. The van der Waals surface area contributed by atoms with E-state index in [4.69, 9.17) is 0 Å². The molecule has 2 heterocycles. The van der Waals surface area contributed by atoms with Crippen LogP contribution >= 0.6 is 0 Å². The summed E-state index contributed by atoms with van der Waals surface area (Å²) in [4.78, 5) is 32.6. The molecule has 27 heavy (non-hydrogen) atoms. The van der Waals surface area contributed by atoms with Gasteiger partial charge in [0.15, 0.2) is 0 Å². The molecular formula is C20H17FN4O2. The summed E-state index contributed by atoms with van der Waals surface area (Å²) in [6.07, 6.45) is 3.03. The third-order valence-corrected chi connectivity index (χ3v) is 3.81. The minimum absolute atomic E-state index is 0.0310. The largest absolute Gasteiger partial charge is 0.347 e. The summed E-state index contributed by atoms with van der Waals surface area (Å²) in [6.45, 7) is 0.306. The van der Waals surface area contributed by atoms with Gasteiger partial charge in [0.05, 0.1) is 12.2 Å². The second-order valence-electron chi connectivity index (χ2n) is 5.71. The normalized spacial score (nSPS) is 10.3. The molecule has 0 saturated carbocycles. The van der Waals surface area contributed by atoms with Gasteiger partial charge in [0, 0.05) is 30.1 Å². The van der Waals surface area contributed by atoms with E-state index >= 15 is 0 Å². The Kier molecular flexibility index (Phi) is 5.84. The highest BCUT2D eigenvalue weighted by atomic mass is 19.1. The van der Waals surface area contributed by atoms with Crippen LogP contribution in [0.1, 0.15) is 32.1 Å². The zero-order chi connectivity index (χ0) is 19.1. The molecule has 2 amide bonds. The molecule has 0 spiro atoms. The van der Waals surface area contributed by atoms with Crippen LogP contribution in [0.5, 0.6) is 0 Å². The van der Waals surface area contributed by atoms with Crippen LogP contribution in [0.25, 0.3) is 0 Å². The third-order valence-electron chi connectivity index (χ3n) is 3.81. The first kappa shape index (κ1) is 18.2. The number of carbonyl (C=O) groups excluding carboxylic acids is 2. The van der Waals surface area contributed by atoms with Gasteiger partial charge >= 0.3 is 0 Å². The first-order chi connectivity index (χ1) is 13.1. The number of amides is 2. The molecular weight excluding hydrogens is 347 g/mol. The maximum Gasteiger partial charge on any atom is 0.270 e. The van der Waals surface area contributed by atoms with Crippen LogP contribution in [0.4, 0.5) is 4.39 Å². The standard InChI is InChI=1S/C20H17FN4O2/c21-17-7-2-1-5-15(17)12-24-20(27)18-11-14(8-10-23-18)19(26)25-13-16-6-3-4-9-22-16/h1-11H,12-13H2,(H,24,27)(H,25,26). The monoisotopic (exact) mass is 364 g/mol. The summed E-state index contributed by atoms with van der Waals surface area (Å²) in [5.41, 5.74) is 1.48. The molecule has 0 aliphatic heterocycles. The Hall–Kier alpha value is -3.61. The minimum atomic E-state index is -0.488. The van der Waals surface area contributed by atoms with Gasteiger partial charge in [-0.2, -0.15) is 0 Å². The summed E-state index contributed by atoms with van der Waals surface area (Å²) in [5.74, 6) is -1.22. The summed E-state index contributed by atoms with van der Waals surface area (Å²) in [5, 5.41) is 5.33. The van der Waals surface area contributed by atoms with Crippen LogP contribution in [0.3, 0.4) is 0 Å². The molecule has 1 aromatic carbocycles. The molecule has 2 N–H and O–H groups in total. The molecule has 136 valence electrons. The van der Waals surface area contributed by atoms with E-state index in [-0.39, 0.29) is 24.7 Å². The number of carbonyl (C=O) groups is 2. The lowest BCUT2D eigenvalue weighted by molar-refractivity contribution is 0.0945. The van der Waals surface area contributed by atoms with Crippen LogP contribution in [-0.2, 0) is 13.1 Å². The zero-order valence-corrected chi connectivity index (χ0v) is 14.4. The van der Waals surface area contributed by atoms with Crippen LogP contribution in [0.2, 0.25) is 0 Å². The van der Waals surface area contributed by atoms with Gasteiger partial charge in [0.1, 0.15) is 11.5 Å². The summed E-state index contributed by atoms with van der Waals surface area (Å²) >= 11 is 0. The lowest BCUT2D eigenvalue weighted by atomic mass is 10.2. The predicted molar refractivity (Wildman–Crippen MR) is 97.2 cm³/mol. The van der Waals surface area contributed by atoms with Crippen molar-refractivity contribution in [3.63, 3.8) is 0 Å². The lowest BCUT2D eigenvalue weighted by Crippen LogP contribution is -2.26. The molecule has 3 aromatic rings. The SMILES string of the molecule is O=C(NCc1ccccn1)c1ccnc(C(=O)NCc2ccccc2F)c1. The molecule has 7 heteroatoms. The van der Waals surface area contributed by atoms with E-state index in [1.54, 1.807) is 36.5 Å². The Balaban J connectivity index is 1.61. The minimum Gasteiger partial charge on any atom is -0.347 e. The molecule has 0 radical (unpaired) electrons. The number of nitrogens with zero attached hydrogens (tertiary/aromatic N) is 2. The number of halogens is 1. The number of benzene rings is 1. The second-order valence-corrected chi connectivity index (χ2v) is 5.71. The van der Waals surface area contributed by atoms with E-state index in [0.717, 1.165) is 5.69 Å². The number of aromatic nitrogens is 2. The Labute approximate surface area is 155 Å². The fourth-order valence-electron chi connectivity index (χ4n) is 2.38. The topological polar surface area (TPSA) is 84.0 Å². The number of nitrogens with one attached hydrogen (secondary N) is 2. The van der Waals surface area contributed by atoms with Crippen molar-refractivity contribution in [2.45, 2.75) is 13.1 Å². The fraction of sp³-hybridized carbons (Fsp3) is 0.100. The highest BCUT2D eigenvalue weighted by Crippen LogP contribution is 2.07. The van der Waals surface area contributed by atoms with Crippen molar-refractivity contribution in [3.05, 3.63) is 95.3 Å². The number of hydrogen-bond donors (Lipinski definition) is 2. The number of rotatable bonds is 6. The molecule has 6 nitrogen and oxygen atoms in total. The Morgan fingerprint density at radius 2 is 1.63 bits per heavy atom. The van der Waals surface area contributed by atoms with E-state index in [9.17, 15) is 14.0 Å². The molecule has 0 bridgehead atoms. The average Bonchev–Trinajstić information content (AvgIpc) is 2.72. The van der Waals surface area contributed by atoms with Crippen molar-refractivity contribution >= 4 is 11.8 Å². The van der Waals surface area contributed by atoms with Crippen LogP contribution in [0.15, 0.2) is 67.0 Å². The second kappa shape index (κ2) is 8.66. The predicted octanol–water partition coefficient (Wildman–Crippen LogP) is 2.48. The van der Waals surface area contributed by atoms with Crippen molar-refractivity contribution in [1.82, 2.24) is 20.6 Å². The molecule has 0 aliphatic carbocycles. The molecule has 0 fully saturated rings. The van der Waals surface area contributed by atoms with E-state index in [2.05, 4.69) is 20.6 Å². The Morgan fingerprint density at radius 3 is 2.41 bits per heavy atom. The van der Waals surface area contributed by atoms with Crippen LogP contribution in [-0.4, -0.2) is 21.8 Å². The zero-order valence-electron chi connectivity index (χ0n) is 14.4.